The fourth-order valence-corrected chi connectivity index (χ4v) is 2.46. The number of Topliss-reactive ketones (excluding diaryl/α,β-unsaturated/α-hetero) is 1. The van der Waals surface area contributed by atoms with Crippen molar-refractivity contribution in [2.45, 2.75) is 19.8 Å². The zero-order valence-corrected chi connectivity index (χ0v) is 12.1. The molecule has 2 rings (SSSR count). The summed E-state index contributed by atoms with van der Waals surface area (Å²) in [5.41, 5.74) is 0.599. The predicted octanol–water partition coefficient (Wildman–Crippen LogP) is 1.67. The van der Waals surface area contributed by atoms with Gasteiger partial charge >= 0.3 is 5.97 Å². The minimum absolute atomic E-state index is 0.0279. The minimum Gasteiger partial charge on any atom is -0.466 e. The van der Waals surface area contributed by atoms with E-state index in [1.54, 1.807) is 36.1 Å². The number of carbonyl (C=O) groups excluding carboxylic acids is 3. The molecule has 1 atom stereocenters. The van der Waals surface area contributed by atoms with Crippen LogP contribution in [0, 0.1) is 5.92 Å². The van der Waals surface area contributed by atoms with Crippen molar-refractivity contribution < 1.29 is 19.1 Å². The largest absolute Gasteiger partial charge is 0.466 e. The normalized spacial score (nSPS) is 18.4. The van der Waals surface area contributed by atoms with Gasteiger partial charge in [0.05, 0.1) is 13.0 Å². The molecule has 0 saturated carbocycles. The molecule has 1 aromatic rings. The van der Waals surface area contributed by atoms with Gasteiger partial charge in [-0.2, -0.15) is 0 Å². The molecule has 5 heteroatoms. The number of amides is 1. The lowest BCUT2D eigenvalue weighted by Crippen LogP contribution is -2.44. The lowest BCUT2D eigenvalue weighted by Gasteiger charge is -2.31. The Morgan fingerprint density at radius 2 is 2.00 bits per heavy atom. The van der Waals surface area contributed by atoms with Crippen molar-refractivity contribution in [2.75, 3.05) is 19.7 Å². The van der Waals surface area contributed by atoms with Gasteiger partial charge in [-0.25, -0.2) is 0 Å². The highest BCUT2D eigenvalue weighted by atomic mass is 16.5. The third-order valence-electron chi connectivity index (χ3n) is 3.55. The lowest BCUT2D eigenvalue weighted by molar-refractivity contribution is -0.147. The Bertz CT molecular complexity index is 526. The van der Waals surface area contributed by atoms with Crippen molar-refractivity contribution in [2.24, 2.45) is 5.92 Å². The van der Waals surface area contributed by atoms with Gasteiger partial charge in [-0.05, 0) is 19.1 Å². The van der Waals surface area contributed by atoms with Gasteiger partial charge in [0.25, 0.3) is 5.91 Å². The number of piperidine rings is 1. The summed E-state index contributed by atoms with van der Waals surface area (Å²) < 4.78 is 4.88. The van der Waals surface area contributed by atoms with Crippen LogP contribution in [-0.4, -0.2) is 42.3 Å². The molecule has 112 valence electrons. The highest BCUT2D eigenvalue weighted by Crippen LogP contribution is 2.19. The maximum absolute atomic E-state index is 12.4. The van der Waals surface area contributed by atoms with E-state index in [4.69, 9.17) is 4.74 Å². The average Bonchev–Trinajstić information content (AvgIpc) is 2.50. The molecule has 1 aliphatic rings. The maximum atomic E-state index is 12.4. The number of rotatable bonds is 4. The van der Waals surface area contributed by atoms with Gasteiger partial charge in [-0.3, -0.25) is 14.4 Å². The fraction of sp³-hybridized carbons (Fsp3) is 0.438. The second-order valence-electron chi connectivity index (χ2n) is 5.04. The van der Waals surface area contributed by atoms with E-state index in [-0.39, 0.29) is 30.6 Å². The molecule has 1 aromatic carbocycles. The first-order chi connectivity index (χ1) is 10.1. The molecule has 1 unspecified atom stereocenters. The van der Waals surface area contributed by atoms with Crippen LogP contribution >= 0.6 is 0 Å². The van der Waals surface area contributed by atoms with Gasteiger partial charge in [-0.15, -0.1) is 0 Å². The quantitative estimate of drug-likeness (QED) is 0.791. The highest BCUT2D eigenvalue weighted by molar-refractivity contribution is 5.96. The van der Waals surface area contributed by atoms with Crippen LogP contribution in [-0.2, 0) is 14.3 Å². The fourth-order valence-electron chi connectivity index (χ4n) is 2.46. The van der Waals surface area contributed by atoms with Gasteiger partial charge in [0, 0.05) is 31.0 Å². The summed E-state index contributed by atoms with van der Waals surface area (Å²) in [6.07, 6.45) is 0.341. The summed E-state index contributed by atoms with van der Waals surface area (Å²) in [4.78, 5) is 37.4. The SMILES string of the molecule is CCOC(=O)CC1CN(C(=O)c2ccccc2)CCC1=O. The summed E-state index contributed by atoms with van der Waals surface area (Å²) >= 11 is 0. The van der Waals surface area contributed by atoms with Gasteiger partial charge in [0.15, 0.2) is 0 Å². The molecule has 0 bridgehead atoms. The van der Waals surface area contributed by atoms with Crippen LogP contribution in [0.1, 0.15) is 30.1 Å². The first kappa shape index (κ1) is 15.2. The molecule has 1 aliphatic heterocycles. The number of esters is 1. The molecule has 1 heterocycles. The lowest BCUT2D eigenvalue weighted by atomic mass is 9.93. The van der Waals surface area contributed by atoms with Crippen LogP contribution in [0.25, 0.3) is 0 Å². The molecule has 1 fully saturated rings. The molecule has 0 radical (unpaired) electrons. The Hall–Kier alpha value is -2.17. The van der Waals surface area contributed by atoms with E-state index in [0.717, 1.165) is 0 Å². The van der Waals surface area contributed by atoms with Gasteiger partial charge in [-0.1, -0.05) is 18.2 Å². The van der Waals surface area contributed by atoms with E-state index >= 15 is 0 Å². The van der Waals surface area contributed by atoms with Gasteiger partial charge in [0.1, 0.15) is 5.78 Å². The Labute approximate surface area is 123 Å². The zero-order valence-electron chi connectivity index (χ0n) is 12.1. The van der Waals surface area contributed by atoms with Crippen LogP contribution in [0.15, 0.2) is 30.3 Å². The number of ether oxygens (including phenoxy) is 1. The molecule has 0 spiro atoms. The van der Waals surface area contributed by atoms with Crippen LogP contribution in [0.3, 0.4) is 0 Å². The number of benzene rings is 1. The summed E-state index contributed by atoms with van der Waals surface area (Å²) in [7, 11) is 0. The van der Waals surface area contributed by atoms with Crippen LogP contribution < -0.4 is 0 Å². The molecule has 0 N–H and O–H groups in total. The van der Waals surface area contributed by atoms with E-state index in [2.05, 4.69) is 0 Å². The Balaban J connectivity index is 2.01. The van der Waals surface area contributed by atoms with E-state index < -0.39 is 5.92 Å². The van der Waals surface area contributed by atoms with Gasteiger partial charge in [0.2, 0.25) is 0 Å². The Morgan fingerprint density at radius 3 is 2.67 bits per heavy atom. The van der Waals surface area contributed by atoms with Crippen molar-refractivity contribution in [3.63, 3.8) is 0 Å². The second-order valence-corrected chi connectivity index (χ2v) is 5.04. The third kappa shape index (κ3) is 3.90. The van der Waals surface area contributed by atoms with Crippen molar-refractivity contribution in [3.05, 3.63) is 35.9 Å². The van der Waals surface area contributed by atoms with E-state index in [0.29, 0.717) is 25.1 Å². The number of hydrogen-bond acceptors (Lipinski definition) is 4. The summed E-state index contributed by atoms with van der Waals surface area (Å²) in [6, 6.07) is 8.95. The van der Waals surface area contributed by atoms with E-state index in [1.165, 1.54) is 0 Å². The van der Waals surface area contributed by atoms with Crippen molar-refractivity contribution >= 4 is 17.7 Å². The molecular formula is C16H19NO4. The van der Waals surface area contributed by atoms with Crippen molar-refractivity contribution in [1.82, 2.24) is 4.90 Å². The molecule has 0 aromatic heterocycles. The maximum Gasteiger partial charge on any atom is 0.306 e. The van der Waals surface area contributed by atoms with Gasteiger partial charge < -0.3 is 9.64 Å². The molecule has 1 saturated heterocycles. The minimum atomic E-state index is -0.453. The Kier molecular flexibility index (Phi) is 5.09. The third-order valence-corrected chi connectivity index (χ3v) is 3.55. The summed E-state index contributed by atoms with van der Waals surface area (Å²) in [5.74, 6) is -0.910. The van der Waals surface area contributed by atoms with Crippen LogP contribution in [0.2, 0.25) is 0 Å². The number of hydrogen-bond donors (Lipinski definition) is 0. The molecule has 0 aliphatic carbocycles. The van der Waals surface area contributed by atoms with Crippen LogP contribution in [0.5, 0.6) is 0 Å². The van der Waals surface area contributed by atoms with Crippen molar-refractivity contribution in [3.8, 4) is 0 Å². The molecule has 1 amide bonds. The first-order valence-corrected chi connectivity index (χ1v) is 7.14. The standard InChI is InChI=1S/C16H19NO4/c1-2-21-15(19)10-13-11-17(9-8-14(13)18)16(20)12-6-4-3-5-7-12/h3-7,13H,2,8-11H2,1H3. The smallest absolute Gasteiger partial charge is 0.306 e. The predicted molar refractivity (Wildman–Crippen MR) is 76.7 cm³/mol. The Morgan fingerprint density at radius 1 is 1.29 bits per heavy atom. The molecule has 21 heavy (non-hydrogen) atoms. The second kappa shape index (κ2) is 7.02. The number of likely N-dealkylation sites (tertiary alicyclic amines) is 1. The molecular weight excluding hydrogens is 270 g/mol. The molecule has 5 nitrogen and oxygen atoms in total. The summed E-state index contributed by atoms with van der Waals surface area (Å²) in [5, 5.41) is 0. The number of ketones is 1. The number of carbonyl (C=O) groups is 3. The highest BCUT2D eigenvalue weighted by Gasteiger charge is 2.31. The van der Waals surface area contributed by atoms with Crippen molar-refractivity contribution in [1.29, 1.82) is 0 Å². The average molecular weight is 289 g/mol. The van der Waals surface area contributed by atoms with E-state index in [1.807, 2.05) is 6.07 Å². The zero-order chi connectivity index (χ0) is 15.2. The number of nitrogens with zero attached hydrogens (tertiary/aromatic N) is 1. The first-order valence-electron chi connectivity index (χ1n) is 7.14. The monoisotopic (exact) mass is 289 g/mol. The summed E-state index contributed by atoms with van der Waals surface area (Å²) in [6.45, 7) is 2.72. The van der Waals surface area contributed by atoms with Crippen LogP contribution in [0.4, 0.5) is 0 Å². The topological polar surface area (TPSA) is 63.7 Å². The van der Waals surface area contributed by atoms with E-state index in [9.17, 15) is 14.4 Å².